The van der Waals surface area contributed by atoms with E-state index < -0.39 is 12.0 Å². The fraction of sp³-hybridized carbons (Fsp3) is 0.333. The number of nitrogens with zero attached hydrogens (tertiary/aromatic N) is 3. The summed E-state index contributed by atoms with van der Waals surface area (Å²) in [5, 5.41) is 12.9. The summed E-state index contributed by atoms with van der Waals surface area (Å²) in [5.41, 5.74) is 1.67. The lowest BCUT2D eigenvalue weighted by Crippen LogP contribution is -2.46. The molecular weight excluding hydrogens is 424 g/mol. The van der Waals surface area contributed by atoms with E-state index in [1.807, 2.05) is 54.6 Å². The molecule has 1 aromatic heterocycles. The second-order valence-electron chi connectivity index (χ2n) is 8.17. The Kier molecular flexibility index (Phi) is 5.61. The van der Waals surface area contributed by atoms with Gasteiger partial charge in [0.2, 0.25) is 16.9 Å². The predicted octanol–water partition coefficient (Wildman–Crippen LogP) is 4.55. The number of carbonyl (C=O) groups excluding carboxylic acids is 2. The van der Waals surface area contributed by atoms with Crippen molar-refractivity contribution in [3.05, 3.63) is 65.2 Å². The summed E-state index contributed by atoms with van der Waals surface area (Å²) in [6.07, 6.45) is 3.06. The van der Waals surface area contributed by atoms with Crippen molar-refractivity contribution in [2.45, 2.75) is 37.6 Å². The number of rotatable bonds is 6. The number of amides is 2. The molecule has 1 saturated carbocycles. The number of piperidine rings is 1. The van der Waals surface area contributed by atoms with Crippen LogP contribution in [-0.2, 0) is 9.59 Å². The number of aromatic nitrogens is 2. The van der Waals surface area contributed by atoms with Crippen LogP contribution in [0.25, 0.3) is 0 Å². The van der Waals surface area contributed by atoms with Crippen LogP contribution in [0.2, 0.25) is 0 Å². The van der Waals surface area contributed by atoms with E-state index in [0.29, 0.717) is 29.6 Å². The molecule has 2 heterocycles. The van der Waals surface area contributed by atoms with Crippen molar-refractivity contribution in [2.75, 3.05) is 17.3 Å². The molecule has 2 amide bonds. The molecule has 32 heavy (non-hydrogen) atoms. The molecule has 0 unspecified atom stereocenters. The highest BCUT2D eigenvalue weighted by atomic mass is 32.1. The van der Waals surface area contributed by atoms with Gasteiger partial charge in [-0.2, -0.15) is 0 Å². The zero-order chi connectivity index (χ0) is 22.1. The van der Waals surface area contributed by atoms with Crippen LogP contribution in [-0.4, -0.2) is 29.1 Å². The average Bonchev–Trinajstić information content (AvgIpc) is 3.58. The van der Waals surface area contributed by atoms with Crippen LogP contribution in [0.3, 0.4) is 0 Å². The largest absolute Gasteiger partial charge is 0.497 e. The highest BCUT2D eigenvalue weighted by Crippen LogP contribution is 2.43. The van der Waals surface area contributed by atoms with Crippen LogP contribution < -0.4 is 15.0 Å². The second kappa shape index (κ2) is 8.70. The Morgan fingerprint density at radius 3 is 2.50 bits per heavy atom. The third-order valence-electron chi connectivity index (χ3n) is 6.02. The Bertz CT molecular complexity index is 1110. The van der Waals surface area contributed by atoms with Gasteiger partial charge >= 0.3 is 0 Å². The summed E-state index contributed by atoms with van der Waals surface area (Å²) in [4.78, 5) is 28.2. The first-order valence-electron chi connectivity index (χ1n) is 10.8. The number of carbonyl (C=O) groups is 2. The van der Waals surface area contributed by atoms with Gasteiger partial charge in [0.1, 0.15) is 10.8 Å². The van der Waals surface area contributed by atoms with Gasteiger partial charge in [-0.05, 0) is 49.1 Å². The van der Waals surface area contributed by atoms with Crippen LogP contribution in [0.5, 0.6) is 5.75 Å². The third kappa shape index (κ3) is 4.10. The first kappa shape index (κ1) is 20.6. The van der Waals surface area contributed by atoms with Crippen molar-refractivity contribution < 1.29 is 14.3 Å². The number of hydrogen-bond acceptors (Lipinski definition) is 6. The maximum atomic E-state index is 13.4. The molecule has 1 aliphatic heterocycles. The maximum absolute atomic E-state index is 13.4. The molecule has 2 atom stereocenters. The number of benzene rings is 2. The topological polar surface area (TPSA) is 84.4 Å². The van der Waals surface area contributed by atoms with Crippen molar-refractivity contribution in [1.82, 2.24) is 10.2 Å². The maximum Gasteiger partial charge on any atom is 0.231 e. The van der Waals surface area contributed by atoms with Gasteiger partial charge in [0.05, 0.1) is 19.1 Å². The first-order chi connectivity index (χ1) is 15.6. The average molecular weight is 449 g/mol. The molecule has 2 fully saturated rings. The lowest BCUT2D eigenvalue weighted by Gasteiger charge is -2.40. The lowest BCUT2D eigenvalue weighted by atomic mass is 9.83. The molecule has 3 aromatic rings. The fourth-order valence-corrected chi connectivity index (χ4v) is 5.14. The van der Waals surface area contributed by atoms with E-state index in [1.165, 1.54) is 11.3 Å². The Morgan fingerprint density at radius 1 is 1.06 bits per heavy atom. The van der Waals surface area contributed by atoms with Crippen LogP contribution in [0.15, 0.2) is 54.6 Å². The van der Waals surface area contributed by atoms with E-state index in [4.69, 9.17) is 4.74 Å². The van der Waals surface area contributed by atoms with Crippen LogP contribution in [0.4, 0.5) is 10.8 Å². The van der Waals surface area contributed by atoms with Gasteiger partial charge in [-0.15, -0.1) is 10.2 Å². The number of hydrogen-bond donors (Lipinski definition) is 1. The lowest BCUT2D eigenvalue weighted by molar-refractivity contribution is -0.125. The summed E-state index contributed by atoms with van der Waals surface area (Å²) < 4.78 is 5.26. The normalized spacial score (nSPS) is 20.8. The Hall–Kier alpha value is -3.26. The van der Waals surface area contributed by atoms with Crippen molar-refractivity contribution in [2.24, 2.45) is 5.92 Å². The van der Waals surface area contributed by atoms with Crippen molar-refractivity contribution >= 4 is 34.0 Å². The second-order valence-corrected chi connectivity index (χ2v) is 9.18. The van der Waals surface area contributed by atoms with Crippen molar-refractivity contribution in [1.29, 1.82) is 0 Å². The zero-order valence-electron chi connectivity index (χ0n) is 17.7. The molecule has 5 rings (SSSR count). The van der Waals surface area contributed by atoms with Gasteiger partial charge in [0.25, 0.3) is 0 Å². The minimum Gasteiger partial charge on any atom is -0.497 e. The van der Waals surface area contributed by atoms with Crippen LogP contribution in [0, 0.1) is 5.92 Å². The molecule has 0 spiro atoms. The van der Waals surface area contributed by atoms with Crippen LogP contribution in [0.1, 0.15) is 48.2 Å². The highest BCUT2D eigenvalue weighted by Gasteiger charge is 2.41. The number of ether oxygens (including phenoxy) is 1. The van der Waals surface area contributed by atoms with E-state index in [1.54, 1.807) is 12.0 Å². The molecule has 7 nitrogen and oxygen atoms in total. The van der Waals surface area contributed by atoms with E-state index >= 15 is 0 Å². The summed E-state index contributed by atoms with van der Waals surface area (Å²) in [6.45, 7) is 0. The molecule has 1 N–H and O–H groups in total. The number of anilines is 2. The van der Waals surface area contributed by atoms with Gasteiger partial charge in [-0.3, -0.25) is 9.59 Å². The molecular formula is C24H24N4O3S. The Labute approximate surface area is 190 Å². The molecule has 1 saturated heterocycles. The summed E-state index contributed by atoms with van der Waals surface area (Å²) >= 11 is 1.45. The monoisotopic (exact) mass is 448 g/mol. The van der Waals surface area contributed by atoms with Gasteiger partial charge in [-0.1, -0.05) is 41.7 Å². The van der Waals surface area contributed by atoms with E-state index in [0.717, 1.165) is 29.1 Å². The van der Waals surface area contributed by atoms with E-state index in [-0.39, 0.29) is 11.8 Å². The zero-order valence-corrected chi connectivity index (χ0v) is 18.5. The Balaban J connectivity index is 1.47. The SMILES string of the molecule is COc1ccc(N2C(=O)CC[C@H](C(=O)Nc3nnc(C4CC4)s3)[C@@H]2c2ccccc2)cc1. The van der Waals surface area contributed by atoms with Crippen molar-refractivity contribution in [3.63, 3.8) is 0 Å². The minimum absolute atomic E-state index is 0.00000447. The molecule has 0 radical (unpaired) electrons. The third-order valence-corrected chi connectivity index (χ3v) is 7.02. The molecule has 2 aromatic carbocycles. The van der Waals surface area contributed by atoms with Gasteiger partial charge in [0.15, 0.2) is 0 Å². The standard InChI is InChI=1S/C24H24N4O3S/c1-31-18-11-9-17(10-12-18)28-20(29)14-13-19(21(28)15-5-3-2-4-6-15)22(30)25-24-27-26-23(32-24)16-7-8-16/h2-6,9-12,16,19,21H,7-8,13-14H2,1H3,(H,25,27,30)/t19-,21-/m0/s1. The van der Waals surface area contributed by atoms with Crippen LogP contribution >= 0.6 is 11.3 Å². The summed E-state index contributed by atoms with van der Waals surface area (Å²) in [6, 6.07) is 16.7. The van der Waals surface area contributed by atoms with E-state index in [2.05, 4.69) is 15.5 Å². The molecule has 1 aliphatic carbocycles. The molecule has 2 aliphatic rings. The van der Waals surface area contributed by atoms with Gasteiger partial charge < -0.3 is 15.0 Å². The summed E-state index contributed by atoms with van der Waals surface area (Å²) in [5.74, 6) is 0.661. The number of nitrogens with one attached hydrogen (secondary N) is 1. The first-order valence-corrected chi connectivity index (χ1v) is 11.6. The van der Waals surface area contributed by atoms with Crippen molar-refractivity contribution in [3.8, 4) is 5.75 Å². The molecule has 0 bridgehead atoms. The summed E-state index contributed by atoms with van der Waals surface area (Å²) in [7, 11) is 1.61. The smallest absolute Gasteiger partial charge is 0.231 e. The fourth-order valence-electron chi connectivity index (χ4n) is 4.22. The van der Waals surface area contributed by atoms with Gasteiger partial charge in [0, 0.05) is 18.0 Å². The Morgan fingerprint density at radius 2 is 1.81 bits per heavy atom. The molecule has 164 valence electrons. The predicted molar refractivity (Wildman–Crippen MR) is 123 cm³/mol. The minimum atomic E-state index is -0.415. The quantitative estimate of drug-likeness (QED) is 0.598. The van der Waals surface area contributed by atoms with E-state index in [9.17, 15) is 9.59 Å². The van der Waals surface area contributed by atoms with Gasteiger partial charge in [-0.25, -0.2) is 0 Å². The highest BCUT2D eigenvalue weighted by molar-refractivity contribution is 7.15. The molecule has 8 heteroatoms. The number of methoxy groups -OCH3 is 1.